The van der Waals surface area contributed by atoms with Crippen LogP contribution in [0, 0.1) is 17.8 Å². The van der Waals surface area contributed by atoms with E-state index in [2.05, 4.69) is 10.6 Å². The largest absolute Gasteiger partial charge is 0.492 e. The summed E-state index contributed by atoms with van der Waals surface area (Å²) in [6.07, 6.45) is 6.99. The zero-order valence-electron chi connectivity index (χ0n) is 15.8. The van der Waals surface area contributed by atoms with E-state index in [-0.39, 0.29) is 23.7 Å². The summed E-state index contributed by atoms with van der Waals surface area (Å²) in [7, 11) is 0. The summed E-state index contributed by atoms with van der Waals surface area (Å²) >= 11 is 0. The van der Waals surface area contributed by atoms with Crippen molar-refractivity contribution in [3.8, 4) is 5.75 Å². The van der Waals surface area contributed by atoms with Crippen molar-refractivity contribution < 1.29 is 14.3 Å². The van der Waals surface area contributed by atoms with Crippen LogP contribution in [0.2, 0.25) is 0 Å². The Kier molecular flexibility index (Phi) is 6.17. The van der Waals surface area contributed by atoms with Gasteiger partial charge in [-0.1, -0.05) is 33.1 Å². The smallest absolute Gasteiger partial charge is 0.226 e. The number of rotatable bonds is 5. The number of nitrogens with one attached hydrogen (secondary N) is 2. The van der Waals surface area contributed by atoms with Crippen molar-refractivity contribution in [3.05, 3.63) is 23.8 Å². The highest BCUT2D eigenvalue weighted by Gasteiger charge is 2.27. The van der Waals surface area contributed by atoms with Crippen LogP contribution < -0.4 is 15.4 Å². The van der Waals surface area contributed by atoms with Gasteiger partial charge in [0.15, 0.2) is 0 Å². The third-order valence-corrected chi connectivity index (χ3v) is 5.42. The van der Waals surface area contributed by atoms with E-state index in [1.165, 1.54) is 32.1 Å². The molecule has 1 aliphatic heterocycles. The second-order valence-corrected chi connectivity index (χ2v) is 7.93. The summed E-state index contributed by atoms with van der Waals surface area (Å²) in [5, 5.41) is 6.03. The van der Waals surface area contributed by atoms with Crippen LogP contribution in [0.25, 0.3) is 0 Å². The minimum Gasteiger partial charge on any atom is -0.492 e. The lowest BCUT2D eigenvalue weighted by Crippen LogP contribution is -2.39. The summed E-state index contributed by atoms with van der Waals surface area (Å²) in [5.41, 5.74) is 1.74. The number of fused-ring (bicyclic) bond motifs is 1. The number of anilines is 1. The number of ether oxygens (including phenoxy) is 1. The molecule has 1 unspecified atom stereocenters. The van der Waals surface area contributed by atoms with Gasteiger partial charge in [0.05, 0.1) is 5.92 Å². The van der Waals surface area contributed by atoms with Crippen molar-refractivity contribution in [1.29, 1.82) is 0 Å². The van der Waals surface area contributed by atoms with E-state index in [4.69, 9.17) is 4.74 Å². The molecule has 1 saturated carbocycles. The van der Waals surface area contributed by atoms with Crippen molar-refractivity contribution in [1.82, 2.24) is 5.32 Å². The minimum atomic E-state index is -0.165. The number of carbonyl (C=O) groups excluding carboxylic acids is 2. The molecule has 1 atom stereocenters. The molecule has 1 aromatic rings. The van der Waals surface area contributed by atoms with E-state index < -0.39 is 0 Å². The Bertz CT molecular complexity index is 651. The van der Waals surface area contributed by atoms with Gasteiger partial charge >= 0.3 is 0 Å². The molecule has 1 aliphatic carbocycles. The predicted molar refractivity (Wildman–Crippen MR) is 102 cm³/mol. The summed E-state index contributed by atoms with van der Waals surface area (Å²) < 4.78 is 5.78. The molecule has 5 heteroatoms. The lowest BCUT2D eigenvalue weighted by Gasteiger charge is -2.27. The molecule has 1 aromatic carbocycles. The number of benzene rings is 1. The Morgan fingerprint density at radius 2 is 1.96 bits per heavy atom. The Balaban J connectivity index is 1.57. The minimum absolute atomic E-state index is 0.0107. The first kappa shape index (κ1) is 18.7. The van der Waals surface area contributed by atoms with E-state index in [0.29, 0.717) is 18.9 Å². The van der Waals surface area contributed by atoms with Gasteiger partial charge in [0.1, 0.15) is 12.4 Å². The molecule has 2 N–H and O–H groups in total. The third-order valence-electron chi connectivity index (χ3n) is 5.42. The SMILES string of the molecule is CC(C)C(=O)Nc1ccc2c(c1)CC(C(=O)NCC1CCCCC1)CO2. The van der Waals surface area contributed by atoms with Gasteiger partial charge in [-0.25, -0.2) is 0 Å². The first-order valence-corrected chi connectivity index (χ1v) is 9.87. The number of carbonyl (C=O) groups is 2. The molecule has 2 aliphatic rings. The Labute approximate surface area is 155 Å². The molecule has 0 bridgehead atoms. The maximum atomic E-state index is 12.5. The van der Waals surface area contributed by atoms with Crippen LogP contribution in [0.1, 0.15) is 51.5 Å². The molecule has 0 aromatic heterocycles. The Hall–Kier alpha value is -2.04. The van der Waals surface area contributed by atoms with E-state index in [9.17, 15) is 9.59 Å². The van der Waals surface area contributed by atoms with Crippen LogP contribution >= 0.6 is 0 Å². The highest BCUT2D eigenvalue weighted by Crippen LogP contribution is 2.30. The Morgan fingerprint density at radius 1 is 1.19 bits per heavy atom. The average Bonchev–Trinajstić information content (AvgIpc) is 2.66. The molecule has 0 radical (unpaired) electrons. The van der Waals surface area contributed by atoms with Crippen LogP contribution in [0.3, 0.4) is 0 Å². The lowest BCUT2D eigenvalue weighted by molar-refractivity contribution is -0.126. The summed E-state index contributed by atoms with van der Waals surface area (Å²) in [4.78, 5) is 24.4. The summed E-state index contributed by atoms with van der Waals surface area (Å²) in [5.74, 6) is 1.27. The second kappa shape index (κ2) is 8.56. The monoisotopic (exact) mass is 358 g/mol. The van der Waals surface area contributed by atoms with Crippen LogP contribution in [-0.4, -0.2) is 25.0 Å². The second-order valence-electron chi connectivity index (χ2n) is 7.93. The summed E-state index contributed by atoms with van der Waals surface area (Å²) in [6, 6.07) is 5.65. The highest BCUT2D eigenvalue weighted by molar-refractivity contribution is 5.92. The molecular formula is C21H30N2O3. The summed E-state index contributed by atoms with van der Waals surface area (Å²) in [6.45, 7) is 4.93. The van der Waals surface area contributed by atoms with Crippen molar-refractivity contribution >= 4 is 17.5 Å². The molecule has 26 heavy (non-hydrogen) atoms. The van der Waals surface area contributed by atoms with Gasteiger partial charge < -0.3 is 15.4 Å². The fraction of sp³-hybridized carbons (Fsp3) is 0.619. The van der Waals surface area contributed by atoms with Gasteiger partial charge in [-0.3, -0.25) is 9.59 Å². The first-order chi connectivity index (χ1) is 12.5. The maximum absolute atomic E-state index is 12.5. The lowest BCUT2D eigenvalue weighted by atomic mass is 9.89. The first-order valence-electron chi connectivity index (χ1n) is 9.87. The molecule has 5 nitrogen and oxygen atoms in total. The van der Waals surface area contributed by atoms with Crippen molar-refractivity contribution in [2.75, 3.05) is 18.5 Å². The molecule has 3 rings (SSSR count). The van der Waals surface area contributed by atoms with Gasteiger partial charge in [0, 0.05) is 18.2 Å². The van der Waals surface area contributed by atoms with Crippen LogP contribution in [-0.2, 0) is 16.0 Å². The number of hydrogen-bond donors (Lipinski definition) is 2. The van der Waals surface area contributed by atoms with E-state index >= 15 is 0 Å². The molecule has 0 saturated heterocycles. The fourth-order valence-corrected chi connectivity index (χ4v) is 3.71. The quantitative estimate of drug-likeness (QED) is 0.846. The third kappa shape index (κ3) is 4.77. The van der Waals surface area contributed by atoms with Crippen LogP contribution in [0.5, 0.6) is 5.75 Å². The standard InChI is InChI=1S/C21H30N2O3/c1-14(2)20(24)23-18-8-9-19-16(11-18)10-17(13-26-19)21(25)22-12-15-6-4-3-5-7-15/h8-9,11,14-15,17H,3-7,10,12-13H2,1-2H3,(H,22,25)(H,23,24). The van der Waals surface area contributed by atoms with Crippen LogP contribution in [0.15, 0.2) is 18.2 Å². The molecular weight excluding hydrogens is 328 g/mol. The van der Waals surface area contributed by atoms with Crippen LogP contribution in [0.4, 0.5) is 5.69 Å². The maximum Gasteiger partial charge on any atom is 0.226 e. The van der Waals surface area contributed by atoms with Crippen molar-refractivity contribution in [2.24, 2.45) is 17.8 Å². The van der Waals surface area contributed by atoms with Gasteiger partial charge in [-0.2, -0.15) is 0 Å². The molecule has 1 fully saturated rings. The number of amides is 2. The van der Waals surface area contributed by atoms with E-state index in [1.807, 2.05) is 32.0 Å². The van der Waals surface area contributed by atoms with Gasteiger partial charge in [0.25, 0.3) is 0 Å². The predicted octanol–water partition coefficient (Wildman–Crippen LogP) is 3.53. The van der Waals surface area contributed by atoms with Gasteiger partial charge in [-0.05, 0) is 48.9 Å². The number of hydrogen-bond acceptors (Lipinski definition) is 3. The van der Waals surface area contributed by atoms with E-state index in [0.717, 1.165) is 23.5 Å². The van der Waals surface area contributed by atoms with Gasteiger partial charge in [0.2, 0.25) is 11.8 Å². The topological polar surface area (TPSA) is 67.4 Å². The zero-order chi connectivity index (χ0) is 18.5. The normalized spacial score (nSPS) is 20.2. The molecule has 142 valence electrons. The van der Waals surface area contributed by atoms with Crippen molar-refractivity contribution in [2.45, 2.75) is 52.4 Å². The molecule has 1 heterocycles. The average molecular weight is 358 g/mol. The fourth-order valence-electron chi connectivity index (χ4n) is 3.71. The molecule has 0 spiro atoms. The van der Waals surface area contributed by atoms with E-state index in [1.54, 1.807) is 0 Å². The van der Waals surface area contributed by atoms with Crippen molar-refractivity contribution in [3.63, 3.8) is 0 Å². The molecule has 2 amide bonds. The zero-order valence-corrected chi connectivity index (χ0v) is 15.8. The van der Waals surface area contributed by atoms with Gasteiger partial charge in [-0.15, -0.1) is 0 Å². The Morgan fingerprint density at radius 3 is 2.69 bits per heavy atom. The highest BCUT2D eigenvalue weighted by atomic mass is 16.5.